The Hall–Kier alpha value is -2.52. The van der Waals surface area contributed by atoms with Crippen LogP contribution in [0, 0.1) is 0 Å². The summed E-state index contributed by atoms with van der Waals surface area (Å²) in [5, 5.41) is 1.22. The van der Waals surface area contributed by atoms with E-state index in [4.69, 9.17) is 5.73 Å². The minimum Gasteiger partial charge on any atom is -0.397 e. The van der Waals surface area contributed by atoms with Crippen LogP contribution < -0.4 is 5.73 Å². The third-order valence-corrected chi connectivity index (χ3v) is 4.54. The topological polar surface area (TPSA) is 30.9 Å². The summed E-state index contributed by atoms with van der Waals surface area (Å²) in [5.74, 6) is 0. The average Bonchev–Trinajstić information content (AvgIpc) is 2.95. The van der Waals surface area contributed by atoms with Crippen LogP contribution in [0.2, 0.25) is 0 Å². The molecule has 0 atom stereocenters. The van der Waals surface area contributed by atoms with Gasteiger partial charge < -0.3 is 10.3 Å². The Bertz CT molecular complexity index is 1000. The van der Waals surface area contributed by atoms with Gasteiger partial charge in [0.1, 0.15) is 0 Å². The quantitative estimate of drug-likeness (QED) is 0.459. The van der Waals surface area contributed by atoms with Crippen molar-refractivity contribution in [1.29, 1.82) is 0 Å². The maximum atomic E-state index is 6.19. The van der Waals surface area contributed by atoms with Crippen LogP contribution in [0.4, 0.5) is 5.69 Å². The molecule has 0 spiro atoms. The van der Waals surface area contributed by atoms with Crippen molar-refractivity contribution in [3.63, 3.8) is 0 Å². The summed E-state index contributed by atoms with van der Waals surface area (Å²) >= 11 is 3.56. The largest absolute Gasteiger partial charge is 0.397 e. The van der Waals surface area contributed by atoms with Crippen molar-refractivity contribution in [1.82, 2.24) is 4.57 Å². The molecule has 112 valence electrons. The van der Waals surface area contributed by atoms with E-state index >= 15 is 0 Å². The second-order valence-electron chi connectivity index (χ2n) is 5.50. The minimum atomic E-state index is 0.772. The second kappa shape index (κ2) is 5.60. The van der Waals surface area contributed by atoms with Gasteiger partial charge in [-0.15, -0.1) is 0 Å². The van der Waals surface area contributed by atoms with Crippen molar-refractivity contribution >= 4 is 32.5 Å². The molecule has 4 rings (SSSR count). The van der Waals surface area contributed by atoms with E-state index in [-0.39, 0.29) is 0 Å². The summed E-state index contributed by atoms with van der Waals surface area (Å²) in [7, 11) is 0. The van der Waals surface area contributed by atoms with Crippen LogP contribution in [0.5, 0.6) is 0 Å². The molecular formula is C20H15BrN2. The number of nitrogen functional groups attached to an aromatic ring is 1. The molecule has 0 aliphatic rings. The van der Waals surface area contributed by atoms with Gasteiger partial charge >= 0.3 is 0 Å². The maximum Gasteiger partial charge on any atom is 0.0686 e. The molecule has 0 aliphatic carbocycles. The van der Waals surface area contributed by atoms with E-state index in [1.807, 2.05) is 30.3 Å². The summed E-state index contributed by atoms with van der Waals surface area (Å²) in [6.07, 6.45) is 2.16. The molecule has 0 aliphatic heterocycles. The molecule has 4 aromatic rings. The van der Waals surface area contributed by atoms with E-state index in [0.717, 1.165) is 21.4 Å². The number of nitrogens with two attached hydrogens (primary N) is 1. The second-order valence-corrected chi connectivity index (χ2v) is 6.41. The Kier molecular flexibility index (Phi) is 3.43. The number of aromatic nitrogens is 1. The lowest BCUT2D eigenvalue weighted by Gasteiger charge is -2.08. The number of halogens is 1. The van der Waals surface area contributed by atoms with Crippen molar-refractivity contribution in [3.8, 4) is 16.8 Å². The van der Waals surface area contributed by atoms with Crippen LogP contribution in [-0.2, 0) is 0 Å². The Labute approximate surface area is 143 Å². The number of anilines is 1. The van der Waals surface area contributed by atoms with Crippen LogP contribution in [0.25, 0.3) is 27.7 Å². The number of benzene rings is 3. The molecule has 0 unspecified atom stereocenters. The van der Waals surface area contributed by atoms with E-state index < -0.39 is 0 Å². The zero-order valence-electron chi connectivity index (χ0n) is 12.4. The fraction of sp³-hybridized carbons (Fsp3) is 0. The molecule has 0 amide bonds. The van der Waals surface area contributed by atoms with Gasteiger partial charge in [0, 0.05) is 21.6 Å². The highest BCUT2D eigenvalue weighted by molar-refractivity contribution is 9.10. The number of hydrogen-bond donors (Lipinski definition) is 1. The Morgan fingerprint density at radius 1 is 0.826 bits per heavy atom. The zero-order chi connectivity index (χ0) is 15.8. The lowest BCUT2D eigenvalue weighted by Crippen LogP contribution is -1.97. The van der Waals surface area contributed by atoms with Crippen LogP contribution in [0.1, 0.15) is 0 Å². The lowest BCUT2D eigenvalue weighted by atomic mass is 10.1. The number of rotatable bonds is 2. The number of nitrogens with zero attached hydrogens (tertiary/aromatic N) is 1. The van der Waals surface area contributed by atoms with E-state index in [1.165, 1.54) is 16.5 Å². The van der Waals surface area contributed by atoms with Gasteiger partial charge in [0.2, 0.25) is 0 Å². The van der Waals surface area contributed by atoms with E-state index in [2.05, 4.69) is 69.2 Å². The minimum absolute atomic E-state index is 0.772. The maximum absolute atomic E-state index is 6.19. The summed E-state index contributed by atoms with van der Waals surface area (Å²) in [4.78, 5) is 0. The first-order chi connectivity index (χ1) is 11.2. The van der Waals surface area contributed by atoms with Gasteiger partial charge in [0.15, 0.2) is 0 Å². The molecule has 0 saturated carbocycles. The molecule has 0 radical (unpaired) electrons. The SMILES string of the molecule is Nc1ccccc1-n1cc(-c2cccc(Br)c2)c2ccccc21. The highest BCUT2D eigenvalue weighted by Crippen LogP contribution is 2.34. The fourth-order valence-corrected chi connectivity index (χ4v) is 3.37. The van der Waals surface area contributed by atoms with Crippen molar-refractivity contribution in [2.75, 3.05) is 5.73 Å². The summed E-state index contributed by atoms with van der Waals surface area (Å²) in [6, 6.07) is 24.7. The highest BCUT2D eigenvalue weighted by atomic mass is 79.9. The van der Waals surface area contributed by atoms with Gasteiger partial charge in [-0.05, 0) is 35.9 Å². The van der Waals surface area contributed by atoms with E-state index in [0.29, 0.717) is 0 Å². The summed E-state index contributed by atoms with van der Waals surface area (Å²) in [5.41, 5.74) is 11.5. The zero-order valence-corrected chi connectivity index (χ0v) is 14.0. The van der Waals surface area contributed by atoms with Crippen LogP contribution in [-0.4, -0.2) is 4.57 Å². The average molecular weight is 363 g/mol. The first-order valence-electron chi connectivity index (χ1n) is 7.45. The highest BCUT2D eigenvalue weighted by Gasteiger charge is 2.12. The molecule has 3 heteroatoms. The smallest absolute Gasteiger partial charge is 0.0686 e. The fourth-order valence-electron chi connectivity index (χ4n) is 2.97. The molecule has 2 nitrogen and oxygen atoms in total. The molecule has 2 N–H and O–H groups in total. The van der Waals surface area contributed by atoms with Crippen molar-refractivity contribution < 1.29 is 0 Å². The first-order valence-corrected chi connectivity index (χ1v) is 8.24. The molecule has 3 aromatic carbocycles. The van der Waals surface area contributed by atoms with Gasteiger partial charge in [0.05, 0.1) is 16.9 Å². The molecule has 23 heavy (non-hydrogen) atoms. The van der Waals surface area contributed by atoms with Gasteiger partial charge in [-0.3, -0.25) is 0 Å². The predicted octanol–water partition coefficient (Wildman–Crippen LogP) is 5.64. The first kappa shape index (κ1) is 14.1. The van der Waals surface area contributed by atoms with Crippen LogP contribution in [0.15, 0.2) is 83.5 Å². The van der Waals surface area contributed by atoms with E-state index in [9.17, 15) is 0 Å². The monoisotopic (exact) mass is 362 g/mol. The summed E-state index contributed by atoms with van der Waals surface area (Å²) < 4.78 is 3.24. The number of para-hydroxylation sites is 3. The molecular weight excluding hydrogens is 348 g/mol. The van der Waals surface area contributed by atoms with Crippen molar-refractivity contribution in [2.24, 2.45) is 0 Å². The van der Waals surface area contributed by atoms with Crippen LogP contribution >= 0.6 is 15.9 Å². The molecule has 0 fully saturated rings. The standard InChI is InChI=1S/C20H15BrN2/c21-15-7-5-6-14(12-15)17-13-23(19-10-3-1-8-16(17)19)20-11-4-2-9-18(20)22/h1-13H,22H2. The molecule has 1 heterocycles. The Morgan fingerprint density at radius 2 is 1.61 bits per heavy atom. The van der Waals surface area contributed by atoms with Gasteiger partial charge in [0.25, 0.3) is 0 Å². The predicted molar refractivity (Wildman–Crippen MR) is 101 cm³/mol. The number of hydrogen-bond acceptors (Lipinski definition) is 1. The Morgan fingerprint density at radius 3 is 2.43 bits per heavy atom. The van der Waals surface area contributed by atoms with Crippen LogP contribution in [0.3, 0.4) is 0 Å². The number of fused-ring (bicyclic) bond motifs is 1. The van der Waals surface area contributed by atoms with Gasteiger partial charge in [-0.1, -0.05) is 58.4 Å². The third-order valence-electron chi connectivity index (χ3n) is 4.04. The Balaban J connectivity index is 2.03. The molecule has 1 aromatic heterocycles. The summed E-state index contributed by atoms with van der Waals surface area (Å²) in [6.45, 7) is 0. The molecule has 0 saturated heterocycles. The lowest BCUT2D eigenvalue weighted by molar-refractivity contribution is 1.13. The van der Waals surface area contributed by atoms with Crippen molar-refractivity contribution in [3.05, 3.63) is 83.5 Å². The normalized spacial score (nSPS) is 11.0. The third kappa shape index (κ3) is 2.43. The van der Waals surface area contributed by atoms with E-state index in [1.54, 1.807) is 0 Å². The van der Waals surface area contributed by atoms with Gasteiger partial charge in [-0.25, -0.2) is 0 Å². The van der Waals surface area contributed by atoms with Gasteiger partial charge in [-0.2, -0.15) is 0 Å². The van der Waals surface area contributed by atoms with Crippen molar-refractivity contribution in [2.45, 2.75) is 0 Å². The molecule has 0 bridgehead atoms.